The van der Waals surface area contributed by atoms with E-state index < -0.39 is 0 Å². The van der Waals surface area contributed by atoms with Crippen LogP contribution in [0.15, 0.2) is 0 Å². The molecule has 0 radical (unpaired) electrons. The highest BCUT2D eigenvalue weighted by Gasteiger charge is 2.31. The molecule has 1 saturated heterocycles. The van der Waals surface area contributed by atoms with Crippen LogP contribution in [0.1, 0.15) is 53.4 Å². The Balaban J connectivity index is 1.88. The molecule has 2 aliphatic rings. The lowest BCUT2D eigenvalue weighted by molar-refractivity contribution is 0.148. The second-order valence-electron chi connectivity index (χ2n) is 7.50. The largest absolute Gasteiger partial charge is 0.314 e. The van der Waals surface area contributed by atoms with Crippen molar-refractivity contribution in [2.24, 2.45) is 11.8 Å². The average molecular weight is 299 g/mol. The van der Waals surface area contributed by atoms with Crippen molar-refractivity contribution in [3.05, 3.63) is 0 Å². The van der Waals surface area contributed by atoms with Crippen LogP contribution in [0.2, 0.25) is 0 Å². The third kappa shape index (κ3) is 4.92. The highest BCUT2D eigenvalue weighted by Crippen LogP contribution is 2.33. The van der Waals surface area contributed by atoms with Crippen molar-refractivity contribution in [3.63, 3.8) is 0 Å². The Kier molecular flexibility index (Phi) is 6.25. The van der Waals surface area contributed by atoms with Gasteiger partial charge in [-0.15, -0.1) is 0 Å². The maximum atomic E-state index is 3.74. The topological polar surface area (TPSA) is 15.3 Å². The molecule has 1 aliphatic heterocycles. The van der Waals surface area contributed by atoms with E-state index >= 15 is 0 Å². The van der Waals surface area contributed by atoms with E-state index in [-0.39, 0.29) is 0 Å². The van der Waals surface area contributed by atoms with E-state index in [9.17, 15) is 0 Å². The lowest BCUT2D eigenvalue weighted by Gasteiger charge is -2.38. The van der Waals surface area contributed by atoms with Crippen LogP contribution in [-0.2, 0) is 0 Å². The third-order valence-corrected chi connectivity index (χ3v) is 6.51. The molecule has 1 aliphatic carbocycles. The molecule has 0 aromatic rings. The van der Waals surface area contributed by atoms with Crippen molar-refractivity contribution < 1.29 is 0 Å². The van der Waals surface area contributed by atoms with E-state index in [1.54, 1.807) is 0 Å². The summed E-state index contributed by atoms with van der Waals surface area (Å²) in [4.78, 5) is 2.74. The molecular weight excluding hydrogens is 264 g/mol. The summed E-state index contributed by atoms with van der Waals surface area (Å²) in [6.45, 7) is 14.5. The van der Waals surface area contributed by atoms with Crippen molar-refractivity contribution >= 4 is 11.8 Å². The minimum atomic E-state index is 0.482. The van der Waals surface area contributed by atoms with Gasteiger partial charge < -0.3 is 10.2 Å². The zero-order valence-electron chi connectivity index (χ0n) is 14.0. The first-order valence-electron chi connectivity index (χ1n) is 8.60. The van der Waals surface area contributed by atoms with E-state index in [4.69, 9.17) is 0 Å². The molecule has 0 bridgehead atoms. The van der Waals surface area contributed by atoms with Gasteiger partial charge in [0, 0.05) is 29.6 Å². The Morgan fingerprint density at radius 2 is 2.05 bits per heavy atom. The fourth-order valence-corrected chi connectivity index (χ4v) is 4.95. The summed E-state index contributed by atoms with van der Waals surface area (Å²) in [5.74, 6) is 3.10. The van der Waals surface area contributed by atoms with Crippen LogP contribution >= 0.6 is 11.8 Å². The predicted octanol–water partition coefficient (Wildman–Crippen LogP) is 3.62. The minimum Gasteiger partial charge on any atom is -0.314 e. The summed E-state index contributed by atoms with van der Waals surface area (Å²) in [5.41, 5.74) is 0. The highest BCUT2D eigenvalue weighted by molar-refractivity contribution is 8.00. The SMILES string of the molecule is CCNC1CCC(C)CC1CN1CCSC(C)(C)CC1. The summed E-state index contributed by atoms with van der Waals surface area (Å²) >= 11 is 2.16. The number of thioether (sulfide) groups is 1. The Morgan fingerprint density at radius 1 is 1.25 bits per heavy atom. The maximum Gasteiger partial charge on any atom is 0.0116 e. The van der Waals surface area contributed by atoms with Gasteiger partial charge >= 0.3 is 0 Å². The van der Waals surface area contributed by atoms with Crippen molar-refractivity contribution in [1.29, 1.82) is 0 Å². The number of rotatable bonds is 4. The summed E-state index contributed by atoms with van der Waals surface area (Å²) in [5, 5.41) is 3.74. The first kappa shape index (κ1) is 16.6. The Bertz CT molecular complexity index is 293. The lowest BCUT2D eigenvalue weighted by Crippen LogP contribution is -2.46. The smallest absolute Gasteiger partial charge is 0.0116 e. The molecule has 2 rings (SSSR count). The molecule has 1 N–H and O–H groups in total. The Morgan fingerprint density at radius 3 is 2.80 bits per heavy atom. The first-order chi connectivity index (χ1) is 9.50. The van der Waals surface area contributed by atoms with E-state index in [1.165, 1.54) is 51.1 Å². The molecule has 1 heterocycles. The molecule has 20 heavy (non-hydrogen) atoms. The molecule has 118 valence electrons. The Labute approximate surface area is 130 Å². The lowest BCUT2D eigenvalue weighted by atomic mass is 9.78. The molecule has 2 fully saturated rings. The quantitative estimate of drug-likeness (QED) is 0.853. The van der Waals surface area contributed by atoms with Gasteiger partial charge in [-0.3, -0.25) is 0 Å². The number of hydrogen-bond donors (Lipinski definition) is 1. The van der Waals surface area contributed by atoms with Crippen LogP contribution in [0.25, 0.3) is 0 Å². The molecule has 1 saturated carbocycles. The van der Waals surface area contributed by atoms with Crippen LogP contribution in [-0.4, -0.2) is 47.6 Å². The van der Waals surface area contributed by atoms with Gasteiger partial charge in [0.15, 0.2) is 0 Å². The number of hydrogen-bond acceptors (Lipinski definition) is 3. The third-order valence-electron chi connectivity index (χ3n) is 5.13. The van der Waals surface area contributed by atoms with Crippen LogP contribution in [0.4, 0.5) is 0 Å². The fourth-order valence-electron chi connectivity index (χ4n) is 3.81. The maximum absolute atomic E-state index is 3.74. The predicted molar refractivity (Wildman–Crippen MR) is 91.6 cm³/mol. The molecule has 0 spiro atoms. The molecule has 0 aromatic heterocycles. The van der Waals surface area contributed by atoms with Gasteiger partial charge in [-0.25, -0.2) is 0 Å². The van der Waals surface area contributed by atoms with Gasteiger partial charge in [0.25, 0.3) is 0 Å². The summed E-state index contributed by atoms with van der Waals surface area (Å²) in [6, 6.07) is 0.764. The molecule has 3 unspecified atom stereocenters. The van der Waals surface area contributed by atoms with Crippen molar-refractivity contribution in [3.8, 4) is 0 Å². The second kappa shape index (κ2) is 7.51. The number of nitrogens with one attached hydrogen (secondary N) is 1. The number of nitrogens with zero attached hydrogens (tertiary/aromatic N) is 1. The molecule has 3 atom stereocenters. The van der Waals surface area contributed by atoms with Gasteiger partial charge in [0.05, 0.1) is 0 Å². The van der Waals surface area contributed by atoms with E-state index in [2.05, 4.69) is 49.7 Å². The molecular formula is C17H34N2S. The monoisotopic (exact) mass is 298 g/mol. The second-order valence-corrected chi connectivity index (χ2v) is 9.30. The van der Waals surface area contributed by atoms with E-state index in [0.29, 0.717) is 4.75 Å². The summed E-state index contributed by atoms with van der Waals surface area (Å²) in [6.07, 6.45) is 5.56. The van der Waals surface area contributed by atoms with Crippen molar-refractivity contribution in [1.82, 2.24) is 10.2 Å². The van der Waals surface area contributed by atoms with Gasteiger partial charge in [0.2, 0.25) is 0 Å². The van der Waals surface area contributed by atoms with Gasteiger partial charge in [0.1, 0.15) is 0 Å². The summed E-state index contributed by atoms with van der Waals surface area (Å²) in [7, 11) is 0. The van der Waals surface area contributed by atoms with E-state index in [1.807, 2.05) is 0 Å². The molecule has 0 aromatic carbocycles. The van der Waals surface area contributed by atoms with Crippen molar-refractivity contribution in [2.45, 2.75) is 64.2 Å². The van der Waals surface area contributed by atoms with Crippen LogP contribution in [0.5, 0.6) is 0 Å². The van der Waals surface area contributed by atoms with Crippen molar-refractivity contribution in [2.75, 3.05) is 31.9 Å². The van der Waals surface area contributed by atoms with Gasteiger partial charge in [-0.05, 0) is 50.6 Å². The highest BCUT2D eigenvalue weighted by atomic mass is 32.2. The van der Waals surface area contributed by atoms with Crippen LogP contribution in [0, 0.1) is 11.8 Å². The zero-order chi connectivity index (χ0) is 14.6. The van der Waals surface area contributed by atoms with E-state index in [0.717, 1.165) is 24.4 Å². The summed E-state index contributed by atoms with van der Waals surface area (Å²) < 4.78 is 0.482. The normalized spacial score (nSPS) is 35.7. The first-order valence-corrected chi connectivity index (χ1v) is 9.58. The molecule has 0 amide bonds. The molecule has 2 nitrogen and oxygen atoms in total. The Hall–Kier alpha value is 0.270. The van der Waals surface area contributed by atoms with Gasteiger partial charge in [-0.2, -0.15) is 11.8 Å². The fraction of sp³-hybridized carbons (Fsp3) is 1.00. The minimum absolute atomic E-state index is 0.482. The molecule has 3 heteroatoms. The zero-order valence-corrected chi connectivity index (χ0v) is 14.8. The van der Waals surface area contributed by atoms with Crippen LogP contribution in [0.3, 0.4) is 0 Å². The average Bonchev–Trinajstić information content (AvgIpc) is 2.55. The van der Waals surface area contributed by atoms with Gasteiger partial charge in [-0.1, -0.05) is 27.7 Å². The van der Waals surface area contributed by atoms with Crippen LogP contribution < -0.4 is 5.32 Å². The standard InChI is InChI=1S/C17H34N2S/c1-5-18-16-7-6-14(2)12-15(16)13-19-9-8-17(3,4)20-11-10-19/h14-16,18H,5-13H2,1-4H3.